The molecular formula is C20H24O3. The van der Waals surface area contributed by atoms with Gasteiger partial charge in [-0.15, -0.1) is 0 Å². The van der Waals surface area contributed by atoms with Crippen molar-refractivity contribution >= 4 is 5.97 Å². The van der Waals surface area contributed by atoms with Gasteiger partial charge >= 0.3 is 5.97 Å². The Morgan fingerprint density at radius 1 is 1.00 bits per heavy atom. The molecule has 0 saturated carbocycles. The lowest BCUT2D eigenvalue weighted by atomic mass is 10.1. The number of hydrogen-bond acceptors (Lipinski definition) is 3. The zero-order chi connectivity index (χ0) is 16.5. The van der Waals surface area contributed by atoms with Crippen LogP contribution in [0.15, 0.2) is 48.5 Å². The lowest BCUT2D eigenvalue weighted by Gasteiger charge is -2.09. The summed E-state index contributed by atoms with van der Waals surface area (Å²) in [5, 5.41) is 0. The molecule has 0 atom stereocenters. The summed E-state index contributed by atoms with van der Waals surface area (Å²) in [5.41, 5.74) is 2.38. The Labute approximate surface area is 138 Å². The average Bonchev–Trinajstić information content (AvgIpc) is 2.55. The Morgan fingerprint density at radius 3 is 2.43 bits per heavy atom. The fourth-order valence-corrected chi connectivity index (χ4v) is 2.35. The molecule has 0 unspecified atom stereocenters. The normalized spacial score (nSPS) is 10.3. The highest BCUT2D eigenvalue weighted by molar-refractivity contribution is 5.69. The third-order valence-electron chi connectivity index (χ3n) is 3.65. The minimum absolute atomic E-state index is 0.102. The van der Waals surface area contributed by atoms with E-state index >= 15 is 0 Å². The fourth-order valence-electron chi connectivity index (χ4n) is 2.35. The van der Waals surface area contributed by atoms with Gasteiger partial charge in [-0.25, -0.2) is 0 Å². The first kappa shape index (κ1) is 17.1. The minimum Gasteiger partial charge on any atom is -0.466 e. The number of carbonyl (C=O) groups excluding carboxylic acids is 1. The summed E-state index contributed by atoms with van der Waals surface area (Å²) in [6.07, 6.45) is 3.31. The zero-order valence-corrected chi connectivity index (χ0v) is 13.9. The van der Waals surface area contributed by atoms with Crippen LogP contribution >= 0.6 is 0 Å². The largest absolute Gasteiger partial charge is 0.466 e. The molecule has 0 aliphatic rings. The van der Waals surface area contributed by atoms with Crippen LogP contribution in [-0.4, -0.2) is 12.6 Å². The second kappa shape index (κ2) is 8.99. The molecule has 0 aromatic heterocycles. The number of hydrogen-bond donors (Lipinski definition) is 0. The van der Waals surface area contributed by atoms with E-state index in [1.54, 1.807) is 0 Å². The van der Waals surface area contributed by atoms with E-state index in [-0.39, 0.29) is 5.97 Å². The summed E-state index contributed by atoms with van der Waals surface area (Å²) >= 11 is 0. The zero-order valence-electron chi connectivity index (χ0n) is 13.9. The van der Waals surface area contributed by atoms with Gasteiger partial charge in [0.05, 0.1) is 6.61 Å². The number of aryl methyl sites for hydroxylation is 2. The molecular weight excluding hydrogens is 288 g/mol. The third-order valence-corrected chi connectivity index (χ3v) is 3.65. The average molecular weight is 312 g/mol. The Bertz CT molecular complexity index is 617. The van der Waals surface area contributed by atoms with Crippen LogP contribution in [-0.2, 0) is 16.0 Å². The monoisotopic (exact) mass is 312 g/mol. The van der Waals surface area contributed by atoms with Crippen molar-refractivity contribution in [1.82, 2.24) is 0 Å². The molecule has 23 heavy (non-hydrogen) atoms. The molecule has 0 fully saturated rings. The maximum atomic E-state index is 11.3. The second-order valence-electron chi connectivity index (χ2n) is 5.52. The Balaban J connectivity index is 1.78. The summed E-state index contributed by atoms with van der Waals surface area (Å²) in [5.74, 6) is 1.62. The Morgan fingerprint density at radius 2 is 1.74 bits per heavy atom. The fraction of sp³-hybridized carbons (Fsp3) is 0.350. The predicted molar refractivity (Wildman–Crippen MR) is 91.9 cm³/mol. The predicted octanol–water partition coefficient (Wildman–Crippen LogP) is 5.06. The molecule has 122 valence electrons. The van der Waals surface area contributed by atoms with E-state index in [1.165, 1.54) is 5.56 Å². The lowest BCUT2D eigenvalue weighted by Crippen LogP contribution is -2.03. The summed E-state index contributed by atoms with van der Waals surface area (Å²) in [6, 6.07) is 16.1. The molecule has 0 spiro atoms. The van der Waals surface area contributed by atoms with Crippen LogP contribution in [0.1, 0.15) is 37.3 Å². The van der Waals surface area contributed by atoms with E-state index in [0.717, 1.165) is 36.3 Å². The smallest absolute Gasteiger partial charge is 0.305 e. The van der Waals surface area contributed by atoms with Crippen LogP contribution < -0.4 is 4.74 Å². The Hall–Kier alpha value is -2.29. The topological polar surface area (TPSA) is 35.5 Å². The molecule has 0 aliphatic carbocycles. The van der Waals surface area contributed by atoms with Gasteiger partial charge in [0, 0.05) is 6.42 Å². The minimum atomic E-state index is -0.102. The molecule has 0 heterocycles. The maximum absolute atomic E-state index is 11.3. The van der Waals surface area contributed by atoms with Gasteiger partial charge < -0.3 is 9.47 Å². The van der Waals surface area contributed by atoms with Crippen molar-refractivity contribution in [2.45, 2.75) is 39.5 Å². The molecule has 3 nitrogen and oxygen atoms in total. The molecule has 2 rings (SSSR count). The number of benzene rings is 2. The van der Waals surface area contributed by atoms with Crippen LogP contribution in [0.25, 0.3) is 0 Å². The number of esters is 1. The van der Waals surface area contributed by atoms with Crippen LogP contribution in [0, 0.1) is 6.92 Å². The molecule has 0 saturated heterocycles. The standard InChI is InChI=1S/C20H24O3/c1-3-22-20(21)11-7-5-9-17-12-14-18(15-13-17)23-19-10-6-4-8-16(19)2/h4,6,8,10,12-15H,3,5,7,9,11H2,1-2H3. The van der Waals surface area contributed by atoms with E-state index in [2.05, 4.69) is 12.1 Å². The van der Waals surface area contributed by atoms with Crippen molar-refractivity contribution in [2.75, 3.05) is 6.61 Å². The summed E-state index contributed by atoms with van der Waals surface area (Å²) < 4.78 is 10.8. The number of rotatable bonds is 8. The first-order chi connectivity index (χ1) is 11.2. The van der Waals surface area contributed by atoms with Gasteiger partial charge in [0.1, 0.15) is 11.5 Å². The number of carbonyl (C=O) groups is 1. The van der Waals surface area contributed by atoms with E-state index in [0.29, 0.717) is 13.0 Å². The van der Waals surface area contributed by atoms with Gasteiger partial charge in [0.15, 0.2) is 0 Å². The van der Waals surface area contributed by atoms with E-state index in [1.807, 2.05) is 50.2 Å². The quantitative estimate of drug-likeness (QED) is 0.504. The van der Waals surface area contributed by atoms with Gasteiger partial charge in [0.2, 0.25) is 0 Å². The van der Waals surface area contributed by atoms with Gasteiger partial charge in [-0.3, -0.25) is 4.79 Å². The van der Waals surface area contributed by atoms with E-state index in [4.69, 9.17) is 9.47 Å². The molecule has 0 N–H and O–H groups in total. The molecule has 0 aliphatic heterocycles. The van der Waals surface area contributed by atoms with Crippen LogP contribution in [0.2, 0.25) is 0 Å². The Kier molecular flexibility index (Phi) is 6.67. The van der Waals surface area contributed by atoms with Crippen molar-refractivity contribution in [1.29, 1.82) is 0 Å². The van der Waals surface area contributed by atoms with Crippen molar-refractivity contribution in [3.63, 3.8) is 0 Å². The first-order valence-electron chi connectivity index (χ1n) is 8.17. The van der Waals surface area contributed by atoms with Gasteiger partial charge in [-0.05, 0) is 62.4 Å². The van der Waals surface area contributed by atoms with Crippen LogP contribution in [0.4, 0.5) is 0 Å². The highest BCUT2D eigenvalue weighted by Crippen LogP contribution is 2.25. The second-order valence-corrected chi connectivity index (χ2v) is 5.52. The van der Waals surface area contributed by atoms with E-state index in [9.17, 15) is 4.79 Å². The van der Waals surface area contributed by atoms with Crippen molar-refractivity contribution in [3.05, 3.63) is 59.7 Å². The summed E-state index contributed by atoms with van der Waals surface area (Å²) in [4.78, 5) is 11.3. The van der Waals surface area contributed by atoms with Gasteiger partial charge in [0.25, 0.3) is 0 Å². The summed E-state index contributed by atoms with van der Waals surface area (Å²) in [7, 11) is 0. The number of unbranched alkanes of at least 4 members (excludes halogenated alkanes) is 1. The molecule has 2 aromatic rings. The molecule has 0 bridgehead atoms. The first-order valence-corrected chi connectivity index (χ1v) is 8.17. The molecule has 3 heteroatoms. The number of ether oxygens (including phenoxy) is 2. The molecule has 0 radical (unpaired) electrons. The van der Waals surface area contributed by atoms with Crippen molar-refractivity contribution in [2.24, 2.45) is 0 Å². The van der Waals surface area contributed by atoms with Gasteiger partial charge in [-0.2, -0.15) is 0 Å². The van der Waals surface area contributed by atoms with Gasteiger partial charge in [-0.1, -0.05) is 30.3 Å². The number of para-hydroxylation sites is 1. The molecule has 0 amide bonds. The maximum Gasteiger partial charge on any atom is 0.305 e. The van der Waals surface area contributed by atoms with Crippen molar-refractivity contribution in [3.8, 4) is 11.5 Å². The summed E-state index contributed by atoms with van der Waals surface area (Å²) in [6.45, 7) is 4.33. The lowest BCUT2D eigenvalue weighted by molar-refractivity contribution is -0.143. The van der Waals surface area contributed by atoms with E-state index < -0.39 is 0 Å². The highest BCUT2D eigenvalue weighted by Gasteiger charge is 2.03. The highest BCUT2D eigenvalue weighted by atomic mass is 16.5. The van der Waals surface area contributed by atoms with Crippen LogP contribution in [0.3, 0.4) is 0 Å². The van der Waals surface area contributed by atoms with Crippen LogP contribution in [0.5, 0.6) is 11.5 Å². The molecule has 2 aromatic carbocycles. The third kappa shape index (κ3) is 5.78. The SMILES string of the molecule is CCOC(=O)CCCCc1ccc(Oc2ccccc2C)cc1. The van der Waals surface area contributed by atoms with Crippen molar-refractivity contribution < 1.29 is 14.3 Å².